The maximum Gasteiger partial charge on any atom is 0.268 e. The highest BCUT2D eigenvalue weighted by molar-refractivity contribution is 7.90. The highest BCUT2D eigenvalue weighted by atomic mass is 35.5. The Kier molecular flexibility index (Phi) is 11.9. The number of sulfonamides is 1. The van der Waals surface area contributed by atoms with E-state index in [2.05, 4.69) is 50.5 Å². The average molecular weight is 869 g/mol. The number of benzene rings is 4. The van der Waals surface area contributed by atoms with Gasteiger partial charge in [-0.05, 0) is 109 Å². The molecule has 0 spiro atoms. The van der Waals surface area contributed by atoms with Crippen molar-refractivity contribution in [3.05, 3.63) is 148 Å². The summed E-state index contributed by atoms with van der Waals surface area (Å²) >= 11 is 12.2. The molecule has 0 atom stereocenters. The van der Waals surface area contributed by atoms with E-state index in [0.29, 0.717) is 35.3 Å². The van der Waals surface area contributed by atoms with Crippen LogP contribution in [-0.2, 0) is 16.6 Å². The fraction of sp³-hybridized carbons (Fsp3) is 0.261. The molecule has 4 aromatic carbocycles. The SMILES string of the molecule is CC1(C)CCC(CN2CCN(c3ccc(S(=O)(=O)NC(=O)c4ccc(COc5ccc(Cl)cc5)c(F)c4)c(Oc4cnc5[nH]ccc5c4)c3)CC2)=C(c2ccc(Cl)cc2)C1. The molecule has 60 heavy (non-hydrogen) atoms. The number of amides is 1. The van der Waals surface area contributed by atoms with Gasteiger partial charge in [-0.3, -0.25) is 9.69 Å². The third kappa shape index (κ3) is 9.63. The van der Waals surface area contributed by atoms with Gasteiger partial charge in [-0.25, -0.2) is 22.5 Å². The van der Waals surface area contributed by atoms with Crippen LogP contribution in [0.2, 0.25) is 10.0 Å². The quantitative estimate of drug-likeness (QED) is 0.125. The molecule has 6 aromatic rings. The zero-order valence-corrected chi connectivity index (χ0v) is 35.5. The van der Waals surface area contributed by atoms with Gasteiger partial charge in [-0.1, -0.05) is 60.8 Å². The number of rotatable bonds is 12. The molecular formula is C46H44Cl2FN5O5S. The molecule has 0 unspecified atom stereocenters. The Morgan fingerprint density at radius 2 is 1.63 bits per heavy atom. The molecule has 0 saturated carbocycles. The number of allylic oxidation sites excluding steroid dienone is 1. The first-order valence-corrected chi connectivity index (χ1v) is 22.0. The van der Waals surface area contributed by atoms with Crippen LogP contribution in [0.25, 0.3) is 16.6 Å². The van der Waals surface area contributed by atoms with Crippen molar-refractivity contribution in [3.63, 3.8) is 0 Å². The summed E-state index contributed by atoms with van der Waals surface area (Å²) in [5, 5.41) is 2.04. The van der Waals surface area contributed by atoms with Gasteiger partial charge >= 0.3 is 0 Å². The second-order valence-electron chi connectivity index (χ2n) is 16.0. The Morgan fingerprint density at radius 1 is 0.900 bits per heavy atom. The second kappa shape index (κ2) is 17.3. The minimum atomic E-state index is -4.52. The van der Waals surface area contributed by atoms with E-state index in [1.54, 1.807) is 48.7 Å². The van der Waals surface area contributed by atoms with E-state index in [4.69, 9.17) is 32.7 Å². The molecule has 0 radical (unpaired) electrons. The number of carbonyl (C=O) groups excluding carboxylic acids is 1. The Hall–Kier alpha value is -5.40. The number of ether oxygens (including phenoxy) is 2. The van der Waals surface area contributed by atoms with Crippen molar-refractivity contribution >= 4 is 61.4 Å². The van der Waals surface area contributed by atoms with Crippen molar-refractivity contribution in [3.8, 4) is 17.2 Å². The minimum absolute atomic E-state index is 0.00961. The van der Waals surface area contributed by atoms with Crippen LogP contribution in [0.5, 0.6) is 17.2 Å². The zero-order chi connectivity index (χ0) is 42.0. The number of halogens is 3. The number of anilines is 1. The van der Waals surface area contributed by atoms with Crippen LogP contribution in [-0.4, -0.2) is 61.9 Å². The van der Waals surface area contributed by atoms with Gasteiger partial charge in [-0.2, -0.15) is 0 Å². The van der Waals surface area contributed by atoms with Gasteiger partial charge < -0.3 is 19.4 Å². The number of fused-ring (bicyclic) bond motifs is 1. The van der Waals surface area contributed by atoms with Gasteiger partial charge in [0.25, 0.3) is 15.9 Å². The summed E-state index contributed by atoms with van der Waals surface area (Å²) in [4.78, 5) is 25.2. The lowest BCUT2D eigenvalue weighted by molar-refractivity contribution is 0.0980. The van der Waals surface area contributed by atoms with Crippen LogP contribution >= 0.6 is 23.2 Å². The fourth-order valence-corrected chi connectivity index (χ4v) is 9.07. The van der Waals surface area contributed by atoms with E-state index < -0.39 is 21.7 Å². The van der Waals surface area contributed by atoms with E-state index in [9.17, 15) is 13.2 Å². The molecule has 1 saturated heterocycles. The van der Waals surface area contributed by atoms with Crippen molar-refractivity contribution in [1.82, 2.24) is 19.6 Å². The summed E-state index contributed by atoms with van der Waals surface area (Å²) in [5.74, 6) is -0.919. The second-order valence-corrected chi connectivity index (χ2v) is 18.5. The first-order valence-electron chi connectivity index (χ1n) is 19.7. The van der Waals surface area contributed by atoms with E-state index in [1.165, 1.54) is 41.1 Å². The highest BCUT2D eigenvalue weighted by Crippen LogP contribution is 2.43. The van der Waals surface area contributed by atoms with Crippen LogP contribution in [0, 0.1) is 11.2 Å². The molecule has 1 aliphatic heterocycles. The number of hydrogen-bond acceptors (Lipinski definition) is 8. The third-order valence-electron chi connectivity index (χ3n) is 11.1. The number of piperazine rings is 1. The van der Waals surface area contributed by atoms with Crippen LogP contribution in [0.4, 0.5) is 10.1 Å². The number of hydrogen-bond donors (Lipinski definition) is 2. The largest absolute Gasteiger partial charge is 0.489 e. The third-order valence-corrected chi connectivity index (χ3v) is 13.0. The molecule has 0 bridgehead atoms. The van der Waals surface area contributed by atoms with E-state index in [-0.39, 0.29) is 33.8 Å². The van der Waals surface area contributed by atoms with Gasteiger partial charge in [0.05, 0.1) is 6.20 Å². The first-order chi connectivity index (χ1) is 28.8. The Bertz CT molecular complexity index is 2680. The summed E-state index contributed by atoms with van der Waals surface area (Å²) in [6.07, 6.45) is 6.44. The van der Waals surface area contributed by atoms with Gasteiger partial charge in [0.1, 0.15) is 40.2 Å². The van der Waals surface area contributed by atoms with Crippen LogP contribution in [0.3, 0.4) is 0 Å². The first kappa shape index (κ1) is 41.3. The summed E-state index contributed by atoms with van der Waals surface area (Å²) in [7, 11) is -4.52. The lowest BCUT2D eigenvalue weighted by Crippen LogP contribution is -2.47. The van der Waals surface area contributed by atoms with E-state index in [0.717, 1.165) is 61.1 Å². The molecule has 2 aliphatic rings. The van der Waals surface area contributed by atoms with E-state index >= 15 is 4.39 Å². The molecule has 1 aliphatic carbocycles. The van der Waals surface area contributed by atoms with Gasteiger partial charge in [-0.15, -0.1) is 0 Å². The van der Waals surface area contributed by atoms with Crippen molar-refractivity contribution in [2.45, 2.75) is 44.6 Å². The fourth-order valence-electron chi connectivity index (χ4n) is 7.73. The molecule has 10 nitrogen and oxygen atoms in total. The Morgan fingerprint density at radius 3 is 2.37 bits per heavy atom. The standard InChI is InChI=1S/C46H44Cl2FN5O5S/c1-46(2)17-15-33(40(26-46)30-5-7-35(47)8-6-30)28-53-19-21-54(22-20-53)37-11-14-43(42(25-37)59-39-23-31-16-18-50-44(31)51-27-39)60(56,57)52-45(55)32-3-4-34(41(49)24-32)29-58-38-12-9-36(48)10-13-38/h3-14,16,18,23-25,27H,15,17,19-22,26,28-29H2,1-2H3,(H,50,51)(H,52,55). The molecule has 2 aromatic heterocycles. The summed E-state index contributed by atoms with van der Waals surface area (Å²) in [5.41, 5.74) is 5.74. The number of nitrogens with zero attached hydrogens (tertiary/aromatic N) is 3. The number of H-pyrrole nitrogens is 1. The van der Waals surface area contributed by atoms with Crippen molar-refractivity contribution in [2.75, 3.05) is 37.6 Å². The molecule has 310 valence electrons. The smallest absolute Gasteiger partial charge is 0.268 e. The molecule has 8 rings (SSSR count). The number of aromatic amines is 1. The van der Waals surface area contributed by atoms with Crippen LogP contribution in [0.15, 0.2) is 120 Å². The molecule has 1 amide bonds. The average Bonchev–Trinajstić information content (AvgIpc) is 3.70. The summed E-state index contributed by atoms with van der Waals surface area (Å²) in [6, 6.07) is 26.9. The molecule has 2 N–H and O–H groups in total. The molecule has 14 heteroatoms. The number of carbonyl (C=O) groups is 1. The van der Waals surface area contributed by atoms with E-state index in [1.807, 2.05) is 18.2 Å². The molecular weight excluding hydrogens is 825 g/mol. The summed E-state index contributed by atoms with van der Waals surface area (Å²) in [6.45, 7) is 8.47. The number of nitrogens with one attached hydrogen (secondary N) is 2. The minimum Gasteiger partial charge on any atom is -0.489 e. The van der Waals surface area contributed by atoms with Gasteiger partial charge in [0.2, 0.25) is 0 Å². The van der Waals surface area contributed by atoms with Crippen molar-refractivity contribution < 1.29 is 27.1 Å². The van der Waals surface area contributed by atoms with Crippen LogP contribution in [0.1, 0.15) is 54.6 Å². The number of pyridine rings is 1. The highest BCUT2D eigenvalue weighted by Gasteiger charge is 2.30. The lowest BCUT2D eigenvalue weighted by atomic mass is 9.72. The predicted octanol–water partition coefficient (Wildman–Crippen LogP) is 10.3. The maximum absolute atomic E-state index is 15.1. The normalized spacial score (nSPS) is 15.9. The van der Waals surface area contributed by atoms with Crippen molar-refractivity contribution in [1.29, 1.82) is 0 Å². The predicted molar refractivity (Wildman–Crippen MR) is 234 cm³/mol. The van der Waals surface area contributed by atoms with Gasteiger partial charge in [0, 0.05) is 77.2 Å². The molecule has 1 fully saturated rings. The van der Waals surface area contributed by atoms with Crippen LogP contribution < -0.4 is 19.1 Å². The topological polar surface area (TPSA) is 117 Å². The maximum atomic E-state index is 15.1. The zero-order valence-electron chi connectivity index (χ0n) is 33.2. The summed E-state index contributed by atoms with van der Waals surface area (Å²) < 4.78 is 57.1. The Labute approximate surface area is 359 Å². The monoisotopic (exact) mass is 867 g/mol. The van der Waals surface area contributed by atoms with Crippen molar-refractivity contribution in [2.24, 2.45) is 5.41 Å². The van der Waals surface area contributed by atoms with Gasteiger partial charge in [0.15, 0.2) is 0 Å². The Balaban J connectivity index is 0.994. The number of aromatic nitrogens is 2. The lowest BCUT2D eigenvalue weighted by Gasteiger charge is -2.39. The molecule has 3 heterocycles.